The Labute approximate surface area is 83.1 Å². The van der Waals surface area contributed by atoms with Gasteiger partial charge in [0.15, 0.2) is 0 Å². The summed E-state index contributed by atoms with van der Waals surface area (Å²) in [7, 11) is 0. The number of rotatable bonds is 4. The summed E-state index contributed by atoms with van der Waals surface area (Å²) < 4.78 is 6.96. The number of nitriles is 1. The van der Waals surface area contributed by atoms with Gasteiger partial charge in [-0.3, -0.25) is 4.68 Å². The monoisotopic (exact) mass is 194 g/mol. The molecule has 0 aliphatic heterocycles. The molecule has 5 nitrogen and oxygen atoms in total. The van der Waals surface area contributed by atoms with Crippen LogP contribution in [0.15, 0.2) is 6.20 Å². The van der Waals surface area contributed by atoms with E-state index in [4.69, 9.17) is 15.7 Å². The molecule has 0 fully saturated rings. The highest BCUT2D eigenvalue weighted by Crippen LogP contribution is 2.07. The van der Waals surface area contributed by atoms with Crippen LogP contribution in [0, 0.1) is 18.3 Å². The number of nitrogens with two attached hydrogens (primary N) is 1. The van der Waals surface area contributed by atoms with E-state index in [1.807, 2.05) is 13.0 Å². The summed E-state index contributed by atoms with van der Waals surface area (Å²) in [5.41, 5.74) is 7.23. The van der Waals surface area contributed by atoms with Gasteiger partial charge in [-0.1, -0.05) is 0 Å². The molecule has 5 heteroatoms. The normalized spacial score (nSPS) is 12.4. The van der Waals surface area contributed by atoms with Crippen LogP contribution in [-0.4, -0.2) is 22.5 Å². The van der Waals surface area contributed by atoms with Crippen LogP contribution in [0.25, 0.3) is 0 Å². The molecule has 0 saturated heterocycles. The highest BCUT2D eigenvalue weighted by Gasteiger charge is 2.03. The molecule has 1 atom stereocenters. The fraction of sp³-hybridized carbons (Fsp3) is 0.556. The molecule has 14 heavy (non-hydrogen) atoms. The average molecular weight is 194 g/mol. The van der Waals surface area contributed by atoms with Crippen molar-refractivity contribution in [2.24, 2.45) is 0 Å². The molecule has 1 aromatic rings. The van der Waals surface area contributed by atoms with Gasteiger partial charge in [-0.2, -0.15) is 10.4 Å². The number of hydrogen-bond donors (Lipinski definition) is 1. The van der Waals surface area contributed by atoms with Gasteiger partial charge in [-0.05, 0) is 13.8 Å². The van der Waals surface area contributed by atoms with Gasteiger partial charge in [-0.15, -0.1) is 0 Å². The van der Waals surface area contributed by atoms with E-state index in [9.17, 15) is 0 Å². The lowest BCUT2D eigenvalue weighted by Gasteiger charge is -2.06. The molecule has 1 unspecified atom stereocenters. The molecule has 0 aliphatic carbocycles. The Kier molecular flexibility index (Phi) is 3.48. The lowest BCUT2D eigenvalue weighted by molar-refractivity contribution is 0.0928. The first-order chi connectivity index (χ1) is 6.65. The molecule has 76 valence electrons. The van der Waals surface area contributed by atoms with Crippen molar-refractivity contribution < 1.29 is 4.74 Å². The summed E-state index contributed by atoms with van der Waals surface area (Å²) >= 11 is 0. The second kappa shape index (κ2) is 4.63. The van der Waals surface area contributed by atoms with Crippen molar-refractivity contribution in [1.29, 1.82) is 5.26 Å². The molecular formula is C9H14N4O. The van der Waals surface area contributed by atoms with Crippen molar-refractivity contribution in [3.63, 3.8) is 0 Å². The zero-order chi connectivity index (χ0) is 10.6. The van der Waals surface area contributed by atoms with Gasteiger partial charge in [0.2, 0.25) is 0 Å². The zero-order valence-corrected chi connectivity index (χ0v) is 8.40. The Hall–Kier alpha value is -1.54. The van der Waals surface area contributed by atoms with Crippen molar-refractivity contribution >= 4 is 5.69 Å². The van der Waals surface area contributed by atoms with Crippen molar-refractivity contribution in [3.05, 3.63) is 11.9 Å². The van der Waals surface area contributed by atoms with E-state index < -0.39 is 0 Å². The van der Waals surface area contributed by atoms with E-state index in [1.165, 1.54) is 0 Å². The highest BCUT2D eigenvalue weighted by atomic mass is 16.5. The fourth-order valence-corrected chi connectivity index (χ4v) is 1.04. The fourth-order valence-electron chi connectivity index (χ4n) is 1.04. The zero-order valence-electron chi connectivity index (χ0n) is 8.40. The maximum Gasteiger partial charge on any atom is 0.141 e. The van der Waals surface area contributed by atoms with Gasteiger partial charge in [0.05, 0.1) is 36.8 Å². The summed E-state index contributed by atoms with van der Waals surface area (Å²) in [6, 6.07) is 1.99. The third-order valence-corrected chi connectivity index (χ3v) is 1.99. The van der Waals surface area contributed by atoms with E-state index in [2.05, 4.69) is 5.10 Å². The Morgan fingerprint density at radius 1 is 1.79 bits per heavy atom. The van der Waals surface area contributed by atoms with Crippen LogP contribution >= 0.6 is 0 Å². The predicted octanol–water partition coefficient (Wildman–Crippen LogP) is 0.702. The summed E-state index contributed by atoms with van der Waals surface area (Å²) in [4.78, 5) is 0. The maximum atomic E-state index is 8.47. The van der Waals surface area contributed by atoms with Gasteiger partial charge < -0.3 is 10.5 Å². The number of nitrogens with zero attached hydrogens (tertiary/aromatic N) is 3. The molecule has 0 aliphatic rings. The van der Waals surface area contributed by atoms with Gasteiger partial charge in [-0.25, -0.2) is 0 Å². The van der Waals surface area contributed by atoms with E-state index >= 15 is 0 Å². The van der Waals surface area contributed by atoms with Gasteiger partial charge in [0.1, 0.15) is 6.10 Å². The van der Waals surface area contributed by atoms with E-state index in [-0.39, 0.29) is 6.10 Å². The van der Waals surface area contributed by atoms with Crippen LogP contribution in [0.2, 0.25) is 0 Å². The van der Waals surface area contributed by atoms with Crippen LogP contribution in [0.5, 0.6) is 0 Å². The third kappa shape index (κ3) is 2.47. The first kappa shape index (κ1) is 10.5. The molecule has 0 radical (unpaired) electrons. The second-order valence-corrected chi connectivity index (χ2v) is 3.05. The Morgan fingerprint density at radius 3 is 3.00 bits per heavy atom. The summed E-state index contributed by atoms with van der Waals surface area (Å²) in [5.74, 6) is 0. The van der Waals surface area contributed by atoms with Gasteiger partial charge in [0.25, 0.3) is 0 Å². The van der Waals surface area contributed by atoms with Gasteiger partial charge >= 0.3 is 0 Å². The van der Waals surface area contributed by atoms with E-state index in [0.717, 1.165) is 5.69 Å². The summed E-state index contributed by atoms with van der Waals surface area (Å²) in [6.45, 7) is 4.70. The van der Waals surface area contributed by atoms with Gasteiger partial charge in [0, 0.05) is 0 Å². The topological polar surface area (TPSA) is 76.9 Å². The minimum atomic E-state index is -0.372. The molecule has 0 bridgehead atoms. The lowest BCUT2D eigenvalue weighted by Crippen LogP contribution is -2.13. The largest absolute Gasteiger partial charge is 0.396 e. The lowest BCUT2D eigenvalue weighted by atomic mass is 10.4. The maximum absolute atomic E-state index is 8.47. The number of hydrogen-bond acceptors (Lipinski definition) is 4. The van der Waals surface area contributed by atoms with Crippen molar-refractivity contribution in [2.75, 3.05) is 12.3 Å². The predicted molar refractivity (Wildman–Crippen MR) is 52.4 cm³/mol. The van der Waals surface area contributed by atoms with Crippen LogP contribution < -0.4 is 5.73 Å². The molecular weight excluding hydrogens is 180 g/mol. The molecule has 1 aromatic heterocycles. The van der Waals surface area contributed by atoms with Crippen molar-refractivity contribution in [2.45, 2.75) is 26.5 Å². The second-order valence-electron chi connectivity index (χ2n) is 3.05. The SMILES string of the molecule is Cc1c(N)cnn1CCOC(C)C#N. The number of ether oxygens (including phenoxy) is 1. The molecule has 2 N–H and O–H groups in total. The standard InChI is InChI=1S/C9H14N4O/c1-7(5-10)14-4-3-13-8(2)9(11)6-12-13/h6-7H,3-4,11H2,1-2H3. The Bertz CT molecular complexity index is 339. The molecule has 0 aromatic carbocycles. The van der Waals surface area contributed by atoms with Crippen molar-refractivity contribution in [3.8, 4) is 6.07 Å². The first-order valence-electron chi connectivity index (χ1n) is 4.44. The van der Waals surface area contributed by atoms with E-state index in [0.29, 0.717) is 18.8 Å². The van der Waals surface area contributed by atoms with Crippen LogP contribution in [-0.2, 0) is 11.3 Å². The van der Waals surface area contributed by atoms with Crippen LogP contribution in [0.4, 0.5) is 5.69 Å². The minimum Gasteiger partial charge on any atom is -0.396 e. The molecule has 1 rings (SSSR count). The van der Waals surface area contributed by atoms with Crippen LogP contribution in [0.1, 0.15) is 12.6 Å². The molecule has 0 saturated carbocycles. The number of nitrogen functional groups attached to an aromatic ring is 1. The minimum absolute atomic E-state index is 0.372. The highest BCUT2D eigenvalue weighted by molar-refractivity contribution is 5.39. The molecule has 1 heterocycles. The summed E-state index contributed by atoms with van der Waals surface area (Å²) in [5, 5.41) is 12.5. The third-order valence-electron chi connectivity index (χ3n) is 1.99. The average Bonchev–Trinajstić information content (AvgIpc) is 2.49. The number of aromatic nitrogens is 2. The van der Waals surface area contributed by atoms with Crippen molar-refractivity contribution in [1.82, 2.24) is 9.78 Å². The Balaban J connectivity index is 2.40. The quantitative estimate of drug-likeness (QED) is 0.765. The number of anilines is 1. The first-order valence-corrected chi connectivity index (χ1v) is 4.44. The molecule has 0 amide bonds. The van der Waals surface area contributed by atoms with E-state index in [1.54, 1.807) is 17.8 Å². The smallest absolute Gasteiger partial charge is 0.141 e. The summed E-state index contributed by atoms with van der Waals surface area (Å²) in [6.07, 6.45) is 1.24. The Morgan fingerprint density at radius 2 is 2.50 bits per heavy atom. The molecule has 0 spiro atoms. The van der Waals surface area contributed by atoms with Crippen LogP contribution in [0.3, 0.4) is 0 Å².